The van der Waals surface area contributed by atoms with Gasteiger partial charge in [0.25, 0.3) is 11.8 Å². The molecule has 12 nitrogen and oxygen atoms in total. The molecule has 0 aliphatic carbocycles. The van der Waals surface area contributed by atoms with Crippen molar-refractivity contribution in [3.05, 3.63) is 101 Å². The Labute approximate surface area is 266 Å². The summed E-state index contributed by atoms with van der Waals surface area (Å²) in [7, 11) is 0. The first-order valence-electron chi connectivity index (χ1n) is 13.4. The fourth-order valence-electron chi connectivity index (χ4n) is 3.72. The number of carboxylic acids is 1. The van der Waals surface area contributed by atoms with Crippen LogP contribution in [0.25, 0.3) is 0 Å². The zero-order valence-electron chi connectivity index (χ0n) is 24.3. The molecule has 18 heteroatoms. The summed E-state index contributed by atoms with van der Waals surface area (Å²) in [5.74, 6) is -8.65. The van der Waals surface area contributed by atoms with E-state index < -0.39 is 76.5 Å². The van der Waals surface area contributed by atoms with E-state index in [0.29, 0.717) is 30.0 Å². The van der Waals surface area contributed by atoms with Crippen molar-refractivity contribution in [3.63, 3.8) is 0 Å². The summed E-state index contributed by atoms with van der Waals surface area (Å²) >= 11 is 0. The van der Waals surface area contributed by atoms with Crippen LogP contribution in [0.4, 0.5) is 32.0 Å². The van der Waals surface area contributed by atoms with Crippen LogP contribution in [0, 0.1) is 0 Å². The minimum Gasteiger partial charge on any atom is -0.478 e. The number of hydrazine groups is 1. The molecular formula is C30H23F6N3O9. The minimum absolute atomic E-state index is 0.118. The summed E-state index contributed by atoms with van der Waals surface area (Å²) in [5, 5.41) is 12.3. The van der Waals surface area contributed by atoms with Gasteiger partial charge in [-0.05, 0) is 60.7 Å². The van der Waals surface area contributed by atoms with Crippen molar-refractivity contribution in [3.8, 4) is 0 Å². The summed E-state index contributed by atoms with van der Waals surface area (Å²) in [6.45, 7) is 1.60. The number of benzene rings is 3. The van der Waals surface area contributed by atoms with Gasteiger partial charge in [-0.2, -0.15) is 26.3 Å². The molecule has 0 saturated heterocycles. The Morgan fingerprint density at radius 2 is 1.17 bits per heavy atom. The van der Waals surface area contributed by atoms with Gasteiger partial charge in [0.2, 0.25) is 18.1 Å². The van der Waals surface area contributed by atoms with Gasteiger partial charge < -0.3 is 19.9 Å². The molecule has 4 N–H and O–H groups in total. The standard InChI is InChI=1S/C30H23F6N3O9/c1-2-21(40)37-20-11-9-15(10-12-20)24(41)38-39-25(42)22(47-27(45)16-5-3-7-18(13-16)29(31,32)33)23(26(43)44)48-28(46)17-6-4-8-19(14-17)30(34,35)36/h3-14,22-23H,2H2,1H3,(H,37,40)(H,38,41)(H,39,42)(H,43,44)/t22-,23+/m0/s1. The maximum Gasteiger partial charge on any atom is 0.416 e. The number of alkyl halides is 6. The summed E-state index contributed by atoms with van der Waals surface area (Å²) in [4.78, 5) is 74.9. The van der Waals surface area contributed by atoms with Crippen LogP contribution in [0.1, 0.15) is 55.5 Å². The molecule has 0 bridgehead atoms. The molecule has 3 aromatic rings. The van der Waals surface area contributed by atoms with E-state index in [1.807, 2.05) is 5.43 Å². The number of anilines is 1. The van der Waals surface area contributed by atoms with E-state index >= 15 is 0 Å². The zero-order valence-corrected chi connectivity index (χ0v) is 24.3. The average molecular weight is 684 g/mol. The van der Waals surface area contributed by atoms with Crippen molar-refractivity contribution in [2.45, 2.75) is 37.9 Å². The molecule has 3 rings (SSSR count). The van der Waals surface area contributed by atoms with E-state index in [0.717, 1.165) is 24.3 Å². The number of carbonyl (C=O) groups excluding carboxylic acids is 5. The Bertz CT molecular complexity index is 1710. The maximum absolute atomic E-state index is 13.2. The van der Waals surface area contributed by atoms with Crippen LogP contribution < -0.4 is 16.2 Å². The molecule has 0 radical (unpaired) electrons. The number of aliphatic carboxylic acids is 1. The molecule has 0 saturated carbocycles. The highest BCUT2D eigenvalue weighted by Gasteiger charge is 2.42. The van der Waals surface area contributed by atoms with Crippen molar-refractivity contribution in [1.29, 1.82) is 0 Å². The number of amides is 3. The quantitative estimate of drug-likeness (QED) is 0.137. The fourth-order valence-corrected chi connectivity index (χ4v) is 3.72. The molecule has 3 amide bonds. The van der Waals surface area contributed by atoms with E-state index in [2.05, 4.69) is 5.32 Å². The lowest BCUT2D eigenvalue weighted by Gasteiger charge is -2.24. The number of hydrogen-bond donors (Lipinski definition) is 4. The van der Waals surface area contributed by atoms with Gasteiger partial charge in [-0.25, -0.2) is 14.4 Å². The maximum atomic E-state index is 13.2. The molecular weight excluding hydrogens is 660 g/mol. The number of ether oxygens (including phenoxy) is 2. The molecule has 48 heavy (non-hydrogen) atoms. The smallest absolute Gasteiger partial charge is 0.416 e. The van der Waals surface area contributed by atoms with Crippen LogP contribution in [0.15, 0.2) is 72.8 Å². The lowest BCUT2D eigenvalue weighted by atomic mass is 10.1. The van der Waals surface area contributed by atoms with E-state index in [-0.39, 0.29) is 17.9 Å². The number of rotatable bonds is 10. The van der Waals surface area contributed by atoms with Crippen LogP contribution in [0.5, 0.6) is 0 Å². The second kappa shape index (κ2) is 15.1. The van der Waals surface area contributed by atoms with E-state index in [1.165, 1.54) is 24.3 Å². The third-order valence-electron chi connectivity index (χ3n) is 6.15. The average Bonchev–Trinajstić information content (AvgIpc) is 3.04. The van der Waals surface area contributed by atoms with E-state index in [4.69, 9.17) is 9.47 Å². The van der Waals surface area contributed by atoms with Gasteiger partial charge in [0.1, 0.15) is 0 Å². The van der Waals surface area contributed by atoms with Crippen LogP contribution in [-0.2, 0) is 36.2 Å². The van der Waals surface area contributed by atoms with Gasteiger partial charge in [-0.1, -0.05) is 19.1 Å². The Morgan fingerprint density at radius 1 is 0.688 bits per heavy atom. The third kappa shape index (κ3) is 9.78. The molecule has 254 valence electrons. The van der Waals surface area contributed by atoms with Crippen LogP contribution >= 0.6 is 0 Å². The number of esters is 2. The highest BCUT2D eigenvalue weighted by atomic mass is 19.4. The highest BCUT2D eigenvalue weighted by molar-refractivity contribution is 5.99. The normalized spacial score (nSPS) is 12.6. The van der Waals surface area contributed by atoms with Crippen molar-refractivity contribution in [2.24, 2.45) is 0 Å². The molecule has 0 spiro atoms. The SMILES string of the molecule is CCC(=O)Nc1ccc(C(=O)NNC(=O)[C@@H](OC(=O)c2cccc(C(F)(F)F)c2)[C@@H](OC(=O)c2cccc(C(F)(F)F)c2)C(=O)O)cc1. The van der Waals surface area contributed by atoms with Crippen molar-refractivity contribution < 1.29 is 69.7 Å². The van der Waals surface area contributed by atoms with E-state index in [9.17, 15) is 60.2 Å². The third-order valence-corrected chi connectivity index (χ3v) is 6.15. The molecule has 0 aliphatic heterocycles. The first-order valence-corrected chi connectivity index (χ1v) is 13.4. The van der Waals surface area contributed by atoms with Gasteiger partial charge in [0.15, 0.2) is 0 Å². The van der Waals surface area contributed by atoms with Crippen molar-refractivity contribution in [2.75, 3.05) is 5.32 Å². The number of halogens is 6. The first-order chi connectivity index (χ1) is 22.4. The molecule has 0 heterocycles. The van der Waals surface area contributed by atoms with Gasteiger partial charge in [0.05, 0.1) is 22.3 Å². The number of carbonyl (C=O) groups is 6. The van der Waals surface area contributed by atoms with Gasteiger partial charge >= 0.3 is 30.3 Å². The Kier molecular flexibility index (Phi) is 11.5. The van der Waals surface area contributed by atoms with Gasteiger partial charge in [-0.15, -0.1) is 0 Å². The lowest BCUT2D eigenvalue weighted by molar-refractivity contribution is -0.159. The molecule has 0 aliphatic rings. The van der Waals surface area contributed by atoms with Crippen LogP contribution in [0.2, 0.25) is 0 Å². The summed E-state index contributed by atoms with van der Waals surface area (Å²) in [6.07, 6.45) is -15.2. The molecule has 2 atom stereocenters. The predicted octanol–water partition coefficient (Wildman–Crippen LogP) is 4.37. The fraction of sp³-hybridized carbons (Fsp3) is 0.200. The second-order valence-electron chi connectivity index (χ2n) is 9.57. The molecule has 0 unspecified atom stereocenters. The Morgan fingerprint density at radius 3 is 1.60 bits per heavy atom. The lowest BCUT2D eigenvalue weighted by Crippen LogP contribution is -2.54. The summed E-state index contributed by atoms with van der Waals surface area (Å²) in [6, 6.07) is 10.2. The summed E-state index contributed by atoms with van der Waals surface area (Å²) < 4.78 is 88.6. The van der Waals surface area contributed by atoms with Crippen molar-refractivity contribution >= 4 is 41.3 Å². The largest absolute Gasteiger partial charge is 0.478 e. The molecule has 0 aromatic heterocycles. The van der Waals surface area contributed by atoms with Crippen molar-refractivity contribution in [1.82, 2.24) is 10.9 Å². The Balaban J connectivity index is 1.89. The van der Waals surface area contributed by atoms with Gasteiger partial charge in [0, 0.05) is 17.7 Å². The summed E-state index contributed by atoms with van der Waals surface area (Å²) in [5.41, 5.74) is -0.489. The first kappa shape index (κ1) is 36.5. The second-order valence-corrected chi connectivity index (χ2v) is 9.57. The number of nitrogens with one attached hydrogen (secondary N) is 3. The minimum atomic E-state index is -4.93. The zero-order chi connectivity index (χ0) is 35.8. The monoisotopic (exact) mass is 683 g/mol. The van der Waals surface area contributed by atoms with Crippen LogP contribution in [0.3, 0.4) is 0 Å². The topological polar surface area (TPSA) is 177 Å². The number of carboxylic acid groups (broad SMARTS) is 1. The molecule has 3 aromatic carbocycles. The van der Waals surface area contributed by atoms with Gasteiger partial charge in [-0.3, -0.25) is 25.2 Å². The highest BCUT2D eigenvalue weighted by Crippen LogP contribution is 2.31. The van der Waals surface area contributed by atoms with E-state index in [1.54, 1.807) is 12.3 Å². The number of hydrogen-bond acceptors (Lipinski definition) is 8. The predicted molar refractivity (Wildman–Crippen MR) is 150 cm³/mol. The molecule has 0 fully saturated rings. The van der Waals surface area contributed by atoms with Crippen LogP contribution in [-0.4, -0.2) is 52.9 Å². The Hall–Kier alpha value is -5.94.